The van der Waals surface area contributed by atoms with Gasteiger partial charge >= 0.3 is 6.18 Å². The summed E-state index contributed by atoms with van der Waals surface area (Å²) < 4.78 is 60.4. The second-order valence-corrected chi connectivity index (χ2v) is 6.76. The molecule has 27 heavy (non-hydrogen) atoms. The van der Waals surface area contributed by atoms with Crippen LogP contribution in [0.3, 0.4) is 0 Å². The molecule has 0 bridgehead atoms. The number of hydrogen-bond donors (Lipinski definition) is 1. The third-order valence-corrected chi connectivity index (χ3v) is 4.70. The van der Waals surface area contributed by atoms with E-state index < -0.39 is 40.5 Å². The van der Waals surface area contributed by atoms with Crippen molar-refractivity contribution in [1.29, 1.82) is 0 Å². The molecule has 2 unspecified atom stereocenters. The molecule has 1 aliphatic heterocycles. The van der Waals surface area contributed by atoms with E-state index in [2.05, 4.69) is 0 Å². The zero-order valence-corrected chi connectivity index (χ0v) is 14.5. The van der Waals surface area contributed by atoms with Crippen LogP contribution < -0.4 is 5.73 Å². The molecule has 2 aromatic carbocycles. The fourth-order valence-electron chi connectivity index (χ4n) is 2.46. The average molecular weight is 397 g/mol. The van der Waals surface area contributed by atoms with Crippen LogP contribution in [0.4, 0.5) is 13.2 Å². The van der Waals surface area contributed by atoms with Crippen LogP contribution in [0, 0.1) is 0 Å². The first-order valence-corrected chi connectivity index (χ1v) is 8.98. The van der Waals surface area contributed by atoms with Gasteiger partial charge in [-0.3, -0.25) is 4.79 Å². The Balaban J connectivity index is 1.69. The molecule has 3 rings (SSSR count). The summed E-state index contributed by atoms with van der Waals surface area (Å²) in [6.45, 7) is 0. The molecule has 2 atom stereocenters. The number of carbonyl (C=O) groups excluding carboxylic acids is 1. The van der Waals surface area contributed by atoms with Crippen molar-refractivity contribution in [2.24, 2.45) is 5.73 Å². The SMILES string of the molecule is NC1=C(OS(=O)Cc2ccccc2)C(=O)C(c2ccc(C(F)(F)F)cc2)O1. The lowest BCUT2D eigenvalue weighted by Gasteiger charge is -2.12. The molecular formula is C18H14F3NO4S. The summed E-state index contributed by atoms with van der Waals surface area (Å²) in [4.78, 5) is 12.4. The van der Waals surface area contributed by atoms with Crippen molar-refractivity contribution in [3.8, 4) is 0 Å². The smallest absolute Gasteiger partial charge is 0.416 e. The molecule has 1 aliphatic rings. The zero-order chi connectivity index (χ0) is 19.6. The van der Waals surface area contributed by atoms with E-state index in [-0.39, 0.29) is 17.2 Å². The Morgan fingerprint density at radius 2 is 1.70 bits per heavy atom. The standard InChI is InChI=1S/C18H14F3NO4S/c19-18(20,21)13-8-6-12(7-9-13)15-14(23)16(17(22)25-15)26-27(24)10-11-4-2-1-3-5-11/h1-9,15H,10,22H2. The molecule has 5 nitrogen and oxygen atoms in total. The molecule has 9 heteroatoms. The van der Waals surface area contributed by atoms with Crippen LogP contribution >= 0.6 is 0 Å². The number of benzene rings is 2. The number of carbonyl (C=O) groups is 1. The van der Waals surface area contributed by atoms with Gasteiger partial charge in [-0.05, 0) is 17.7 Å². The van der Waals surface area contributed by atoms with Crippen molar-refractivity contribution in [3.63, 3.8) is 0 Å². The first kappa shape index (κ1) is 19.0. The second kappa shape index (κ2) is 7.43. The minimum absolute atomic E-state index is 0.0375. The number of halogens is 3. The molecule has 0 spiro atoms. The molecule has 0 saturated heterocycles. The van der Waals surface area contributed by atoms with Gasteiger partial charge in [0.05, 0.1) is 11.3 Å². The van der Waals surface area contributed by atoms with Gasteiger partial charge in [-0.2, -0.15) is 13.2 Å². The van der Waals surface area contributed by atoms with Gasteiger partial charge in [-0.25, -0.2) is 4.21 Å². The second-order valence-electron chi connectivity index (χ2n) is 5.69. The van der Waals surface area contributed by atoms with Crippen LogP contribution in [-0.2, 0) is 36.7 Å². The van der Waals surface area contributed by atoms with E-state index in [0.29, 0.717) is 0 Å². The predicted octanol–water partition coefficient (Wildman–Crippen LogP) is 3.35. The molecule has 0 saturated carbocycles. The molecular weight excluding hydrogens is 383 g/mol. The maximum atomic E-state index is 12.6. The summed E-state index contributed by atoms with van der Waals surface area (Å²) in [6.07, 6.45) is -5.73. The molecule has 1 heterocycles. The van der Waals surface area contributed by atoms with E-state index in [0.717, 1.165) is 29.8 Å². The zero-order valence-electron chi connectivity index (χ0n) is 13.7. The Hall–Kier alpha value is -2.81. The maximum Gasteiger partial charge on any atom is 0.416 e. The number of Topliss-reactive ketones (excluding diaryl/α,β-unsaturated/α-hetero) is 1. The van der Waals surface area contributed by atoms with Crippen molar-refractivity contribution in [1.82, 2.24) is 0 Å². The van der Waals surface area contributed by atoms with Gasteiger partial charge in [0.2, 0.25) is 28.5 Å². The highest BCUT2D eigenvalue weighted by Crippen LogP contribution is 2.34. The molecule has 0 aromatic heterocycles. The van der Waals surface area contributed by atoms with Crippen LogP contribution in [-0.4, -0.2) is 9.99 Å². The summed E-state index contributed by atoms with van der Waals surface area (Å²) in [7, 11) is 0. The van der Waals surface area contributed by atoms with Crippen LogP contribution in [0.1, 0.15) is 22.8 Å². The lowest BCUT2D eigenvalue weighted by Crippen LogP contribution is -2.13. The van der Waals surface area contributed by atoms with Gasteiger partial charge in [-0.15, -0.1) is 0 Å². The lowest BCUT2D eigenvalue weighted by molar-refractivity contribution is -0.137. The van der Waals surface area contributed by atoms with E-state index in [1.807, 2.05) is 0 Å². The largest absolute Gasteiger partial charge is 0.460 e. The first-order valence-electron chi connectivity index (χ1n) is 7.74. The third-order valence-electron chi connectivity index (χ3n) is 3.77. The quantitative estimate of drug-likeness (QED) is 0.837. The number of nitrogens with two attached hydrogens (primary N) is 1. The highest BCUT2D eigenvalue weighted by Gasteiger charge is 2.39. The summed E-state index contributed by atoms with van der Waals surface area (Å²) in [5, 5.41) is 0. The van der Waals surface area contributed by atoms with E-state index in [9.17, 15) is 22.2 Å². The highest BCUT2D eigenvalue weighted by molar-refractivity contribution is 7.79. The molecule has 2 N–H and O–H groups in total. The van der Waals surface area contributed by atoms with E-state index >= 15 is 0 Å². The van der Waals surface area contributed by atoms with Crippen molar-refractivity contribution in [2.45, 2.75) is 18.0 Å². The number of alkyl halides is 3. The summed E-state index contributed by atoms with van der Waals surface area (Å²) in [5.41, 5.74) is 5.71. The van der Waals surface area contributed by atoms with E-state index in [1.54, 1.807) is 30.3 Å². The van der Waals surface area contributed by atoms with Gasteiger partial charge in [0, 0.05) is 5.56 Å². The maximum absolute atomic E-state index is 12.6. The van der Waals surface area contributed by atoms with Gasteiger partial charge in [0.1, 0.15) is 0 Å². The van der Waals surface area contributed by atoms with Gasteiger partial charge in [-0.1, -0.05) is 42.5 Å². The Morgan fingerprint density at radius 3 is 2.30 bits per heavy atom. The normalized spacial score (nSPS) is 18.3. The van der Waals surface area contributed by atoms with Gasteiger partial charge < -0.3 is 14.7 Å². The first-order chi connectivity index (χ1) is 12.8. The number of hydrogen-bond acceptors (Lipinski definition) is 5. The predicted molar refractivity (Wildman–Crippen MR) is 90.9 cm³/mol. The number of ether oxygens (including phenoxy) is 1. The van der Waals surface area contributed by atoms with Crippen molar-refractivity contribution < 1.29 is 31.1 Å². The molecule has 2 aromatic rings. The Kier molecular flexibility index (Phi) is 5.22. The van der Waals surface area contributed by atoms with Crippen molar-refractivity contribution >= 4 is 16.9 Å². The topological polar surface area (TPSA) is 78.6 Å². The van der Waals surface area contributed by atoms with Crippen LogP contribution in [0.5, 0.6) is 0 Å². The van der Waals surface area contributed by atoms with Crippen molar-refractivity contribution in [2.75, 3.05) is 0 Å². The minimum Gasteiger partial charge on any atom is -0.460 e. The number of ketones is 1. The van der Waals surface area contributed by atoms with Crippen LogP contribution in [0.25, 0.3) is 0 Å². The van der Waals surface area contributed by atoms with E-state index in [1.165, 1.54) is 0 Å². The number of rotatable bonds is 5. The molecule has 0 radical (unpaired) electrons. The minimum atomic E-state index is -4.49. The summed E-state index contributed by atoms with van der Waals surface area (Å²) in [5.74, 6) is -1.41. The summed E-state index contributed by atoms with van der Waals surface area (Å²) in [6, 6.07) is 12.8. The fourth-order valence-corrected chi connectivity index (χ4v) is 3.33. The lowest BCUT2D eigenvalue weighted by atomic mass is 10.0. The highest BCUT2D eigenvalue weighted by atomic mass is 32.2. The Morgan fingerprint density at radius 1 is 1.07 bits per heavy atom. The van der Waals surface area contributed by atoms with Crippen LogP contribution in [0.2, 0.25) is 0 Å². The average Bonchev–Trinajstić information content (AvgIpc) is 2.90. The molecule has 0 aliphatic carbocycles. The fraction of sp³-hybridized carbons (Fsp3) is 0.167. The third kappa shape index (κ3) is 4.30. The van der Waals surface area contributed by atoms with Gasteiger partial charge in [0.15, 0.2) is 6.10 Å². The summed E-state index contributed by atoms with van der Waals surface area (Å²) >= 11 is -1.88. The molecule has 142 valence electrons. The Bertz CT molecular complexity index is 895. The van der Waals surface area contributed by atoms with E-state index in [4.69, 9.17) is 14.7 Å². The molecule has 0 amide bonds. The molecule has 0 fully saturated rings. The van der Waals surface area contributed by atoms with Crippen molar-refractivity contribution in [3.05, 3.63) is 82.9 Å². The van der Waals surface area contributed by atoms with Crippen LogP contribution in [0.15, 0.2) is 66.2 Å². The monoisotopic (exact) mass is 397 g/mol. The Labute approximate surface area is 155 Å². The van der Waals surface area contributed by atoms with Gasteiger partial charge in [0.25, 0.3) is 0 Å².